The van der Waals surface area contributed by atoms with E-state index < -0.39 is 5.82 Å². The molecule has 20 heavy (non-hydrogen) atoms. The van der Waals surface area contributed by atoms with Crippen molar-refractivity contribution in [2.75, 3.05) is 5.73 Å². The number of aromatic nitrogens is 2. The van der Waals surface area contributed by atoms with E-state index in [1.54, 1.807) is 12.1 Å². The van der Waals surface area contributed by atoms with Crippen LogP contribution in [0.1, 0.15) is 10.4 Å². The molecule has 0 spiro atoms. The average Bonchev–Trinajstić information content (AvgIpc) is 2.65. The number of aryl methyl sites for hydroxylation is 2. The number of nitrogens with zero attached hydrogens (tertiary/aromatic N) is 2. The summed E-state index contributed by atoms with van der Waals surface area (Å²) in [6.07, 6.45) is 0. The van der Waals surface area contributed by atoms with E-state index in [4.69, 9.17) is 17.3 Å². The SMILES string of the molecule is Cc1sc2nc(-c3ccc(Cl)cc3F)nc(N)c2c1C. The number of rotatable bonds is 1. The highest BCUT2D eigenvalue weighted by Gasteiger charge is 2.15. The van der Waals surface area contributed by atoms with Crippen molar-refractivity contribution in [3.05, 3.63) is 39.5 Å². The lowest BCUT2D eigenvalue weighted by Gasteiger charge is -2.05. The van der Waals surface area contributed by atoms with Gasteiger partial charge in [-0.05, 0) is 37.6 Å². The molecule has 6 heteroatoms. The Balaban J connectivity index is 2.27. The van der Waals surface area contributed by atoms with Crippen LogP contribution in [-0.2, 0) is 0 Å². The van der Waals surface area contributed by atoms with Gasteiger partial charge in [-0.25, -0.2) is 14.4 Å². The van der Waals surface area contributed by atoms with Gasteiger partial charge in [0.2, 0.25) is 0 Å². The summed E-state index contributed by atoms with van der Waals surface area (Å²) >= 11 is 7.28. The van der Waals surface area contributed by atoms with Gasteiger partial charge in [0.1, 0.15) is 16.5 Å². The first kappa shape index (κ1) is 13.3. The minimum absolute atomic E-state index is 0.283. The zero-order chi connectivity index (χ0) is 14.4. The van der Waals surface area contributed by atoms with Crippen LogP contribution in [-0.4, -0.2) is 9.97 Å². The van der Waals surface area contributed by atoms with Crippen LogP contribution in [0.15, 0.2) is 18.2 Å². The highest BCUT2D eigenvalue weighted by molar-refractivity contribution is 7.18. The monoisotopic (exact) mass is 307 g/mol. The van der Waals surface area contributed by atoms with Crippen LogP contribution in [0.25, 0.3) is 21.6 Å². The molecule has 0 saturated heterocycles. The second-order valence-electron chi connectivity index (χ2n) is 4.52. The van der Waals surface area contributed by atoms with Crippen LogP contribution >= 0.6 is 22.9 Å². The molecular formula is C14H11ClFN3S. The van der Waals surface area contributed by atoms with Crippen molar-refractivity contribution in [2.24, 2.45) is 0 Å². The van der Waals surface area contributed by atoms with Crippen LogP contribution < -0.4 is 5.73 Å². The zero-order valence-electron chi connectivity index (χ0n) is 10.9. The minimum atomic E-state index is -0.457. The van der Waals surface area contributed by atoms with E-state index in [-0.39, 0.29) is 5.82 Å². The van der Waals surface area contributed by atoms with Crippen molar-refractivity contribution in [2.45, 2.75) is 13.8 Å². The summed E-state index contributed by atoms with van der Waals surface area (Å²) in [5, 5.41) is 1.19. The lowest BCUT2D eigenvalue weighted by molar-refractivity contribution is 0.630. The normalized spacial score (nSPS) is 11.2. The van der Waals surface area contributed by atoms with Gasteiger partial charge < -0.3 is 5.73 Å². The number of nitrogens with two attached hydrogens (primary N) is 1. The Morgan fingerprint density at radius 1 is 1.25 bits per heavy atom. The van der Waals surface area contributed by atoms with Crippen molar-refractivity contribution in [3.8, 4) is 11.4 Å². The number of hydrogen-bond donors (Lipinski definition) is 1. The molecule has 3 nitrogen and oxygen atoms in total. The predicted molar refractivity (Wildman–Crippen MR) is 81.7 cm³/mol. The summed E-state index contributed by atoms with van der Waals surface area (Å²) in [6, 6.07) is 4.41. The lowest BCUT2D eigenvalue weighted by atomic mass is 10.1. The van der Waals surface area contributed by atoms with E-state index >= 15 is 0 Å². The third-order valence-corrected chi connectivity index (χ3v) is 4.56. The standard InChI is InChI=1S/C14H11ClFN3S/c1-6-7(2)20-14-11(6)12(17)18-13(19-14)9-4-3-8(15)5-10(9)16/h3-5H,1-2H3,(H2,17,18,19). The minimum Gasteiger partial charge on any atom is -0.383 e. The number of nitrogen functional groups attached to an aromatic ring is 1. The zero-order valence-corrected chi connectivity index (χ0v) is 12.4. The fourth-order valence-electron chi connectivity index (χ4n) is 2.07. The summed E-state index contributed by atoms with van der Waals surface area (Å²) in [5.74, 6) is 0.202. The number of anilines is 1. The average molecular weight is 308 g/mol. The lowest BCUT2D eigenvalue weighted by Crippen LogP contribution is -1.98. The quantitative estimate of drug-likeness (QED) is 0.727. The summed E-state index contributed by atoms with van der Waals surface area (Å²) in [5.41, 5.74) is 7.37. The second-order valence-corrected chi connectivity index (χ2v) is 6.16. The first-order chi connectivity index (χ1) is 9.47. The van der Waals surface area contributed by atoms with E-state index in [9.17, 15) is 4.39 Å². The van der Waals surface area contributed by atoms with Crippen molar-refractivity contribution in [3.63, 3.8) is 0 Å². The Bertz CT molecular complexity index is 829. The number of halogens is 2. The molecule has 102 valence electrons. The number of hydrogen-bond acceptors (Lipinski definition) is 4. The molecule has 0 fully saturated rings. The maximum absolute atomic E-state index is 14.0. The smallest absolute Gasteiger partial charge is 0.166 e. The van der Waals surface area contributed by atoms with Crippen molar-refractivity contribution in [1.82, 2.24) is 9.97 Å². The highest BCUT2D eigenvalue weighted by Crippen LogP contribution is 2.34. The molecule has 0 bridgehead atoms. The van der Waals surface area contributed by atoms with E-state index in [2.05, 4.69) is 9.97 Å². The number of thiophene rings is 1. The Morgan fingerprint density at radius 2 is 2.00 bits per heavy atom. The van der Waals surface area contributed by atoms with Crippen LogP contribution in [0.5, 0.6) is 0 Å². The maximum atomic E-state index is 14.0. The molecule has 0 aliphatic carbocycles. The molecule has 3 rings (SSSR count). The van der Waals surface area contributed by atoms with Gasteiger partial charge in [0.15, 0.2) is 5.82 Å². The van der Waals surface area contributed by atoms with Crippen molar-refractivity contribution >= 4 is 39.0 Å². The van der Waals surface area contributed by atoms with Crippen LogP contribution in [0.3, 0.4) is 0 Å². The van der Waals surface area contributed by atoms with Crippen molar-refractivity contribution < 1.29 is 4.39 Å². The molecule has 0 saturated carbocycles. The third kappa shape index (κ3) is 2.03. The first-order valence-corrected chi connectivity index (χ1v) is 7.15. The van der Waals surface area contributed by atoms with Gasteiger partial charge in [-0.15, -0.1) is 11.3 Å². The molecule has 0 radical (unpaired) electrons. The predicted octanol–water partition coefficient (Wildman–Crippen LogP) is 4.35. The Kier molecular flexibility index (Phi) is 3.11. The Morgan fingerprint density at radius 3 is 2.70 bits per heavy atom. The molecule has 0 aliphatic heterocycles. The van der Waals surface area contributed by atoms with Gasteiger partial charge in [-0.3, -0.25) is 0 Å². The summed E-state index contributed by atoms with van der Waals surface area (Å²) in [6.45, 7) is 3.99. The number of fused-ring (bicyclic) bond motifs is 1. The highest BCUT2D eigenvalue weighted by atomic mass is 35.5. The topological polar surface area (TPSA) is 51.8 Å². The molecule has 0 aliphatic rings. The molecule has 2 N–H and O–H groups in total. The van der Waals surface area contributed by atoms with Crippen molar-refractivity contribution in [1.29, 1.82) is 0 Å². The van der Waals surface area contributed by atoms with Gasteiger partial charge in [-0.1, -0.05) is 11.6 Å². The van der Waals surface area contributed by atoms with Gasteiger partial charge in [0, 0.05) is 9.90 Å². The fraction of sp³-hybridized carbons (Fsp3) is 0.143. The largest absolute Gasteiger partial charge is 0.383 e. The maximum Gasteiger partial charge on any atom is 0.166 e. The number of benzene rings is 1. The molecule has 2 heterocycles. The van der Waals surface area contributed by atoms with E-state index in [1.807, 2.05) is 13.8 Å². The van der Waals surface area contributed by atoms with Crippen LogP contribution in [0.2, 0.25) is 5.02 Å². The Hall–Kier alpha value is -1.72. The van der Waals surface area contributed by atoms with E-state index in [1.165, 1.54) is 17.4 Å². The Labute approximate surface area is 124 Å². The van der Waals surface area contributed by atoms with Gasteiger partial charge >= 0.3 is 0 Å². The van der Waals surface area contributed by atoms with Gasteiger partial charge in [0.25, 0.3) is 0 Å². The molecule has 2 aromatic heterocycles. The van der Waals surface area contributed by atoms with Crippen LogP contribution in [0.4, 0.5) is 10.2 Å². The van der Waals surface area contributed by atoms with Gasteiger partial charge in [0.05, 0.1) is 10.9 Å². The van der Waals surface area contributed by atoms with E-state index in [0.717, 1.165) is 20.7 Å². The molecule has 0 atom stereocenters. The molecule has 0 amide bonds. The first-order valence-electron chi connectivity index (χ1n) is 5.96. The third-order valence-electron chi connectivity index (χ3n) is 3.23. The molecule has 3 aromatic rings. The molecule has 1 aromatic carbocycles. The van der Waals surface area contributed by atoms with Crippen LogP contribution in [0, 0.1) is 19.7 Å². The molecule has 0 unspecified atom stereocenters. The summed E-state index contributed by atoms with van der Waals surface area (Å²) in [7, 11) is 0. The fourth-order valence-corrected chi connectivity index (χ4v) is 3.27. The summed E-state index contributed by atoms with van der Waals surface area (Å²) in [4.78, 5) is 10.6. The van der Waals surface area contributed by atoms with E-state index in [0.29, 0.717) is 16.4 Å². The van der Waals surface area contributed by atoms with Gasteiger partial charge in [-0.2, -0.15) is 0 Å². The molecular weight excluding hydrogens is 297 g/mol. The summed E-state index contributed by atoms with van der Waals surface area (Å²) < 4.78 is 14.0. The second kappa shape index (κ2) is 4.68.